The lowest BCUT2D eigenvalue weighted by Gasteiger charge is -2.08. The summed E-state index contributed by atoms with van der Waals surface area (Å²) in [6, 6.07) is 15.7. The monoisotopic (exact) mass is 321 g/mol. The van der Waals surface area contributed by atoms with Gasteiger partial charge in [-0.05, 0) is 43.2 Å². The topological polar surface area (TPSA) is 64.1 Å². The molecule has 3 aromatic rings. The van der Waals surface area contributed by atoms with Crippen LogP contribution in [-0.2, 0) is 16.0 Å². The van der Waals surface area contributed by atoms with E-state index in [0.29, 0.717) is 25.3 Å². The maximum absolute atomic E-state index is 11.5. The number of hydrogen-bond acceptors (Lipinski definition) is 5. The minimum absolute atomic E-state index is 0.170. The van der Waals surface area contributed by atoms with Crippen molar-refractivity contribution >= 4 is 28.5 Å². The van der Waals surface area contributed by atoms with Crippen molar-refractivity contribution in [1.29, 1.82) is 0 Å². The minimum Gasteiger partial charge on any atom is -0.466 e. The lowest BCUT2D eigenvalue weighted by Crippen LogP contribution is -2.05. The van der Waals surface area contributed by atoms with E-state index < -0.39 is 0 Å². The van der Waals surface area contributed by atoms with Gasteiger partial charge in [0.1, 0.15) is 5.82 Å². The number of para-hydroxylation sites is 2. The number of benzene rings is 2. The van der Waals surface area contributed by atoms with Crippen LogP contribution in [0.15, 0.2) is 54.7 Å². The number of aryl methyl sites for hydroxylation is 1. The van der Waals surface area contributed by atoms with Crippen LogP contribution in [0.3, 0.4) is 0 Å². The Kier molecular flexibility index (Phi) is 5.01. The Labute approximate surface area is 140 Å². The molecule has 0 aliphatic carbocycles. The Balaban J connectivity index is 1.70. The third-order valence-electron chi connectivity index (χ3n) is 3.57. The number of rotatable bonds is 6. The average Bonchev–Trinajstić information content (AvgIpc) is 2.60. The molecule has 2 aromatic carbocycles. The lowest BCUT2D eigenvalue weighted by atomic mass is 10.1. The highest BCUT2D eigenvalue weighted by molar-refractivity contribution is 5.76. The Hall–Kier alpha value is -2.95. The van der Waals surface area contributed by atoms with Crippen molar-refractivity contribution in [3.63, 3.8) is 0 Å². The van der Waals surface area contributed by atoms with E-state index in [2.05, 4.69) is 15.3 Å². The number of nitrogens with zero attached hydrogens (tertiary/aromatic N) is 2. The zero-order valence-electron chi connectivity index (χ0n) is 13.5. The molecule has 0 amide bonds. The molecule has 3 rings (SSSR count). The van der Waals surface area contributed by atoms with Gasteiger partial charge in [0, 0.05) is 12.1 Å². The number of nitrogens with one attached hydrogen (secondary N) is 1. The molecule has 0 saturated carbocycles. The van der Waals surface area contributed by atoms with E-state index in [1.807, 2.05) is 55.5 Å². The van der Waals surface area contributed by atoms with E-state index in [1.54, 1.807) is 6.20 Å². The molecule has 1 aromatic heterocycles. The van der Waals surface area contributed by atoms with Crippen molar-refractivity contribution in [1.82, 2.24) is 9.97 Å². The molecule has 0 bridgehead atoms. The highest BCUT2D eigenvalue weighted by atomic mass is 16.5. The van der Waals surface area contributed by atoms with Crippen molar-refractivity contribution < 1.29 is 9.53 Å². The van der Waals surface area contributed by atoms with Crippen LogP contribution in [0.5, 0.6) is 0 Å². The van der Waals surface area contributed by atoms with E-state index in [-0.39, 0.29) is 5.97 Å². The van der Waals surface area contributed by atoms with E-state index in [9.17, 15) is 4.79 Å². The zero-order valence-corrected chi connectivity index (χ0v) is 13.5. The largest absolute Gasteiger partial charge is 0.466 e. The first-order valence-corrected chi connectivity index (χ1v) is 7.98. The van der Waals surface area contributed by atoms with Crippen molar-refractivity contribution in [3.8, 4) is 0 Å². The number of carbonyl (C=O) groups is 1. The van der Waals surface area contributed by atoms with Crippen LogP contribution < -0.4 is 5.32 Å². The molecule has 24 heavy (non-hydrogen) atoms. The van der Waals surface area contributed by atoms with Crippen LogP contribution in [0.2, 0.25) is 0 Å². The molecule has 0 saturated heterocycles. The molecule has 1 heterocycles. The van der Waals surface area contributed by atoms with Crippen molar-refractivity contribution in [2.45, 2.75) is 19.8 Å². The zero-order chi connectivity index (χ0) is 16.8. The van der Waals surface area contributed by atoms with Gasteiger partial charge < -0.3 is 10.1 Å². The molecule has 0 atom stereocenters. The number of hydrogen-bond donors (Lipinski definition) is 1. The molecule has 5 heteroatoms. The summed E-state index contributed by atoms with van der Waals surface area (Å²) in [5.74, 6) is 0.521. The standard InChI is InChI=1S/C19H19N3O2/c1-2-24-19(23)11-10-14-6-5-7-15(12-14)21-18-13-20-16-8-3-4-9-17(16)22-18/h3-9,12-13H,2,10-11H2,1H3,(H,21,22). The first-order chi connectivity index (χ1) is 11.7. The number of aromatic nitrogens is 2. The second-order valence-electron chi connectivity index (χ2n) is 5.37. The molecule has 1 N–H and O–H groups in total. The fraction of sp³-hybridized carbons (Fsp3) is 0.211. The quantitative estimate of drug-likeness (QED) is 0.698. The van der Waals surface area contributed by atoms with Gasteiger partial charge in [0.2, 0.25) is 0 Å². The summed E-state index contributed by atoms with van der Waals surface area (Å²) >= 11 is 0. The molecule has 0 radical (unpaired) electrons. The second-order valence-corrected chi connectivity index (χ2v) is 5.37. The predicted octanol–water partition coefficient (Wildman–Crippen LogP) is 3.87. The maximum Gasteiger partial charge on any atom is 0.306 e. The van der Waals surface area contributed by atoms with Gasteiger partial charge in [-0.25, -0.2) is 4.98 Å². The van der Waals surface area contributed by atoms with Gasteiger partial charge in [-0.1, -0.05) is 24.3 Å². The van der Waals surface area contributed by atoms with E-state index in [0.717, 1.165) is 22.3 Å². The SMILES string of the molecule is CCOC(=O)CCc1cccc(Nc2cnc3ccccc3n2)c1. The molecule has 122 valence electrons. The van der Waals surface area contributed by atoms with Crippen molar-refractivity contribution in [2.75, 3.05) is 11.9 Å². The number of ether oxygens (including phenoxy) is 1. The predicted molar refractivity (Wildman–Crippen MR) is 94.2 cm³/mol. The van der Waals surface area contributed by atoms with Crippen LogP contribution >= 0.6 is 0 Å². The summed E-state index contributed by atoms with van der Waals surface area (Å²) in [5.41, 5.74) is 3.70. The normalized spacial score (nSPS) is 10.5. The smallest absolute Gasteiger partial charge is 0.306 e. The average molecular weight is 321 g/mol. The molecule has 0 aliphatic rings. The van der Waals surface area contributed by atoms with Gasteiger partial charge in [-0.15, -0.1) is 0 Å². The fourth-order valence-electron chi connectivity index (χ4n) is 2.45. The number of esters is 1. The fourth-order valence-corrected chi connectivity index (χ4v) is 2.45. The van der Waals surface area contributed by atoms with Crippen LogP contribution in [0.4, 0.5) is 11.5 Å². The first kappa shape index (κ1) is 15.9. The molecular weight excluding hydrogens is 302 g/mol. The van der Waals surface area contributed by atoms with Gasteiger partial charge in [0.25, 0.3) is 0 Å². The third kappa shape index (κ3) is 4.07. The molecule has 0 aliphatic heterocycles. The van der Waals surface area contributed by atoms with Gasteiger partial charge in [-0.3, -0.25) is 9.78 Å². The molecule has 0 unspecified atom stereocenters. The second kappa shape index (κ2) is 7.55. The Morgan fingerprint density at radius 2 is 1.96 bits per heavy atom. The number of anilines is 2. The highest BCUT2D eigenvalue weighted by Crippen LogP contribution is 2.18. The van der Waals surface area contributed by atoms with Gasteiger partial charge >= 0.3 is 5.97 Å². The maximum atomic E-state index is 11.5. The summed E-state index contributed by atoms with van der Waals surface area (Å²) in [6.45, 7) is 2.23. The summed E-state index contributed by atoms with van der Waals surface area (Å²) in [6.07, 6.45) is 2.75. The number of fused-ring (bicyclic) bond motifs is 1. The summed E-state index contributed by atoms with van der Waals surface area (Å²) in [7, 11) is 0. The van der Waals surface area contributed by atoms with Gasteiger partial charge in [0.15, 0.2) is 0 Å². The molecule has 5 nitrogen and oxygen atoms in total. The van der Waals surface area contributed by atoms with Crippen molar-refractivity contribution in [2.24, 2.45) is 0 Å². The first-order valence-electron chi connectivity index (χ1n) is 7.98. The minimum atomic E-state index is -0.170. The summed E-state index contributed by atoms with van der Waals surface area (Å²) in [5, 5.41) is 3.26. The van der Waals surface area contributed by atoms with Crippen LogP contribution in [0.25, 0.3) is 11.0 Å². The van der Waals surface area contributed by atoms with E-state index in [1.165, 1.54) is 0 Å². The summed E-state index contributed by atoms with van der Waals surface area (Å²) in [4.78, 5) is 20.4. The molecular formula is C19H19N3O2. The van der Waals surface area contributed by atoms with E-state index >= 15 is 0 Å². The van der Waals surface area contributed by atoms with Crippen LogP contribution in [0, 0.1) is 0 Å². The Morgan fingerprint density at radius 3 is 2.79 bits per heavy atom. The Bertz CT molecular complexity index is 849. The Morgan fingerprint density at radius 1 is 1.12 bits per heavy atom. The molecule has 0 spiro atoms. The van der Waals surface area contributed by atoms with Crippen LogP contribution in [0.1, 0.15) is 18.9 Å². The van der Waals surface area contributed by atoms with Crippen molar-refractivity contribution in [3.05, 3.63) is 60.3 Å². The lowest BCUT2D eigenvalue weighted by molar-refractivity contribution is -0.143. The summed E-state index contributed by atoms with van der Waals surface area (Å²) < 4.78 is 4.96. The molecule has 0 fully saturated rings. The van der Waals surface area contributed by atoms with Gasteiger partial charge in [0.05, 0.1) is 23.8 Å². The van der Waals surface area contributed by atoms with Crippen LogP contribution in [-0.4, -0.2) is 22.5 Å². The number of carbonyl (C=O) groups excluding carboxylic acids is 1. The highest BCUT2D eigenvalue weighted by Gasteiger charge is 2.04. The van der Waals surface area contributed by atoms with Gasteiger partial charge in [-0.2, -0.15) is 0 Å². The van der Waals surface area contributed by atoms with E-state index in [4.69, 9.17) is 4.74 Å². The third-order valence-corrected chi connectivity index (χ3v) is 3.57.